The summed E-state index contributed by atoms with van der Waals surface area (Å²) in [5.41, 5.74) is 3.09. The molecule has 1 unspecified atom stereocenters. The van der Waals surface area contributed by atoms with Crippen LogP contribution >= 0.6 is 11.8 Å². The third kappa shape index (κ3) is 2.99. The zero-order valence-electron chi connectivity index (χ0n) is 15.0. The molecule has 2 aromatic carbocycles. The van der Waals surface area contributed by atoms with E-state index in [1.165, 1.54) is 10.6 Å². The maximum absolute atomic E-state index is 12.4. The van der Waals surface area contributed by atoms with Crippen molar-refractivity contribution in [3.05, 3.63) is 70.6 Å². The standard InChI is InChI=1S/C21H20N2O2S/c1-22(2)16-10-8-14-12-15(21(24)25-18(14)13-16)9-11-20-23(3)17-6-4-5-7-19(17)26-20/h4-13,20H,1-3H3. The van der Waals surface area contributed by atoms with Crippen molar-refractivity contribution in [3.8, 4) is 0 Å². The molecule has 132 valence electrons. The maximum Gasteiger partial charge on any atom is 0.343 e. The van der Waals surface area contributed by atoms with Gasteiger partial charge in [0.25, 0.3) is 0 Å². The highest BCUT2D eigenvalue weighted by Gasteiger charge is 2.24. The Bertz CT molecular complexity index is 1060. The van der Waals surface area contributed by atoms with Crippen LogP contribution in [0.4, 0.5) is 11.4 Å². The number of rotatable bonds is 3. The van der Waals surface area contributed by atoms with Gasteiger partial charge in [0.05, 0.1) is 16.6 Å². The van der Waals surface area contributed by atoms with E-state index in [4.69, 9.17) is 4.42 Å². The van der Waals surface area contributed by atoms with Crippen LogP contribution in [-0.2, 0) is 0 Å². The number of benzene rings is 2. The van der Waals surface area contributed by atoms with Gasteiger partial charge in [-0.05, 0) is 36.4 Å². The first-order chi connectivity index (χ1) is 12.5. The minimum Gasteiger partial charge on any atom is -0.422 e. The molecule has 0 aliphatic carbocycles. The first-order valence-corrected chi connectivity index (χ1v) is 9.33. The van der Waals surface area contributed by atoms with Gasteiger partial charge in [-0.25, -0.2) is 4.79 Å². The SMILES string of the molecule is CN(C)c1ccc2cc(C=CC3Sc4ccccc4N3C)c(=O)oc2c1. The molecule has 1 aliphatic heterocycles. The number of para-hydroxylation sites is 1. The lowest BCUT2D eigenvalue weighted by molar-refractivity contribution is 0.559. The molecule has 0 amide bonds. The predicted molar refractivity (Wildman–Crippen MR) is 110 cm³/mol. The van der Waals surface area contributed by atoms with Gasteiger partial charge in [-0.15, -0.1) is 0 Å². The fourth-order valence-corrected chi connectivity index (χ4v) is 4.24. The zero-order valence-corrected chi connectivity index (χ0v) is 15.8. The summed E-state index contributed by atoms with van der Waals surface area (Å²) in [4.78, 5) is 17.8. The third-order valence-corrected chi connectivity index (χ3v) is 5.89. The largest absolute Gasteiger partial charge is 0.422 e. The fourth-order valence-electron chi connectivity index (χ4n) is 3.06. The van der Waals surface area contributed by atoms with Crippen LogP contribution in [0, 0.1) is 0 Å². The van der Waals surface area contributed by atoms with E-state index in [2.05, 4.69) is 30.2 Å². The lowest BCUT2D eigenvalue weighted by Gasteiger charge is -2.18. The molecule has 1 aliphatic rings. The van der Waals surface area contributed by atoms with Gasteiger partial charge >= 0.3 is 5.63 Å². The second kappa shape index (κ2) is 6.57. The second-order valence-corrected chi connectivity index (χ2v) is 7.71. The first-order valence-electron chi connectivity index (χ1n) is 8.45. The van der Waals surface area contributed by atoms with Gasteiger partial charge < -0.3 is 14.2 Å². The molecule has 4 nitrogen and oxygen atoms in total. The van der Waals surface area contributed by atoms with Crippen molar-refractivity contribution in [2.24, 2.45) is 0 Å². The van der Waals surface area contributed by atoms with E-state index in [9.17, 15) is 4.79 Å². The van der Waals surface area contributed by atoms with Crippen molar-refractivity contribution < 1.29 is 4.42 Å². The number of hydrogen-bond donors (Lipinski definition) is 0. The predicted octanol–water partition coefficient (Wildman–Crippen LogP) is 4.44. The summed E-state index contributed by atoms with van der Waals surface area (Å²) in [6.07, 6.45) is 3.92. The number of anilines is 2. The molecule has 0 fully saturated rings. The van der Waals surface area contributed by atoms with Crippen LogP contribution in [0.5, 0.6) is 0 Å². The Kier molecular flexibility index (Phi) is 4.24. The molecule has 3 aromatic rings. The van der Waals surface area contributed by atoms with Crippen LogP contribution in [0.1, 0.15) is 5.56 Å². The first kappa shape index (κ1) is 16.8. The average molecular weight is 364 g/mol. The van der Waals surface area contributed by atoms with Crippen LogP contribution in [0.2, 0.25) is 0 Å². The van der Waals surface area contributed by atoms with Crippen LogP contribution in [-0.4, -0.2) is 26.5 Å². The van der Waals surface area contributed by atoms with Crippen LogP contribution < -0.4 is 15.4 Å². The second-order valence-electron chi connectivity index (χ2n) is 6.55. The van der Waals surface area contributed by atoms with Crippen molar-refractivity contribution in [2.45, 2.75) is 10.3 Å². The molecule has 2 heterocycles. The molecule has 4 rings (SSSR count). The van der Waals surface area contributed by atoms with E-state index in [1.807, 2.05) is 61.5 Å². The molecule has 0 N–H and O–H groups in total. The monoisotopic (exact) mass is 364 g/mol. The normalized spacial score (nSPS) is 16.4. The Morgan fingerprint density at radius 3 is 2.73 bits per heavy atom. The molecule has 1 atom stereocenters. The minimum atomic E-state index is -0.312. The highest BCUT2D eigenvalue weighted by atomic mass is 32.2. The van der Waals surface area contributed by atoms with Crippen LogP contribution in [0.15, 0.2) is 68.7 Å². The maximum atomic E-state index is 12.4. The summed E-state index contributed by atoms with van der Waals surface area (Å²) in [6.45, 7) is 0. The fraction of sp³-hybridized carbons (Fsp3) is 0.190. The Morgan fingerprint density at radius 2 is 1.96 bits per heavy atom. The molecule has 0 saturated carbocycles. The van der Waals surface area contributed by atoms with Crippen LogP contribution in [0.25, 0.3) is 17.0 Å². The number of hydrogen-bond acceptors (Lipinski definition) is 5. The minimum absolute atomic E-state index is 0.165. The molecular formula is C21H20N2O2S. The van der Waals surface area contributed by atoms with E-state index in [0.29, 0.717) is 11.1 Å². The number of likely N-dealkylation sites (N-methyl/N-ethyl adjacent to an activating group) is 1. The lowest BCUT2D eigenvalue weighted by Crippen LogP contribution is -2.22. The smallest absolute Gasteiger partial charge is 0.343 e. The van der Waals surface area contributed by atoms with Crippen molar-refractivity contribution in [3.63, 3.8) is 0 Å². The number of thioether (sulfide) groups is 1. The quantitative estimate of drug-likeness (QED) is 0.642. The highest BCUT2D eigenvalue weighted by Crippen LogP contribution is 2.42. The van der Waals surface area contributed by atoms with E-state index in [1.54, 1.807) is 11.8 Å². The summed E-state index contributed by atoms with van der Waals surface area (Å²) in [7, 11) is 5.99. The van der Waals surface area contributed by atoms with Crippen LogP contribution in [0.3, 0.4) is 0 Å². The van der Waals surface area contributed by atoms with Gasteiger partial charge in [0, 0.05) is 43.2 Å². The van der Waals surface area contributed by atoms with Gasteiger partial charge in [0.1, 0.15) is 5.58 Å². The van der Waals surface area contributed by atoms with Gasteiger partial charge in [0.15, 0.2) is 0 Å². The summed E-state index contributed by atoms with van der Waals surface area (Å²) in [5.74, 6) is 0. The van der Waals surface area contributed by atoms with E-state index >= 15 is 0 Å². The van der Waals surface area contributed by atoms with Crippen molar-refractivity contribution in [1.29, 1.82) is 0 Å². The van der Waals surface area contributed by atoms with Gasteiger partial charge in [-0.2, -0.15) is 0 Å². The summed E-state index contributed by atoms with van der Waals surface area (Å²) in [6, 6.07) is 16.1. The van der Waals surface area contributed by atoms with Gasteiger partial charge in [-0.3, -0.25) is 0 Å². The molecule has 1 aromatic heterocycles. The molecule has 5 heteroatoms. The lowest BCUT2D eigenvalue weighted by atomic mass is 10.1. The molecule has 0 spiro atoms. The third-order valence-electron chi connectivity index (χ3n) is 4.58. The summed E-state index contributed by atoms with van der Waals surface area (Å²) >= 11 is 1.78. The van der Waals surface area contributed by atoms with Crippen molar-refractivity contribution in [1.82, 2.24) is 0 Å². The van der Waals surface area contributed by atoms with E-state index < -0.39 is 0 Å². The molecule has 0 radical (unpaired) electrons. The number of nitrogens with zero attached hydrogens (tertiary/aromatic N) is 2. The van der Waals surface area contributed by atoms with E-state index in [-0.39, 0.29) is 11.0 Å². The molecule has 26 heavy (non-hydrogen) atoms. The Balaban J connectivity index is 1.63. The molecule has 0 bridgehead atoms. The van der Waals surface area contributed by atoms with Gasteiger partial charge in [-0.1, -0.05) is 30.0 Å². The van der Waals surface area contributed by atoms with Crippen molar-refractivity contribution in [2.75, 3.05) is 30.9 Å². The van der Waals surface area contributed by atoms with Crippen molar-refractivity contribution >= 4 is 40.2 Å². The number of fused-ring (bicyclic) bond motifs is 2. The Morgan fingerprint density at radius 1 is 1.15 bits per heavy atom. The summed E-state index contributed by atoms with van der Waals surface area (Å²) < 4.78 is 5.53. The summed E-state index contributed by atoms with van der Waals surface area (Å²) in [5, 5.41) is 1.09. The highest BCUT2D eigenvalue weighted by molar-refractivity contribution is 8.00. The Hall–Kier alpha value is -2.66. The topological polar surface area (TPSA) is 36.7 Å². The average Bonchev–Trinajstić information content (AvgIpc) is 2.95. The van der Waals surface area contributed by atoms with Gasteiger partial charge in [0.2, 0.25) is 0 Å². The molecule has 0 saturated heterocycles. The molecular weight excluding hydrogens is 344 g/mol. The zero-order chi connectivity index (χ0) is 18.3. The van der Waals surface area contributed by atoms with E-state index in [0.717, 1.165) is 11.1 Å². The Labute approximate surface area is 156 Å².